The first-order valence-electron chi connectivity index (χ1n) is 11.4. The maximum absolute atomic E-state index is 13.2. The van der Waals surface area contributed by atoms with E-state index in [0.29, 0.717) is 34.8 Å². The average Bonchev–Trinajstić information content (AvgIpc) is 3.12. The summed E-state index contributed by atoms with van der Waals surface area (Å²) in [6.07, 6.45) is 5.86. The maximum Gasteiger partial charge on any atom is 0.298 e. The number of carbonyl (C=O) groups is 1. The van der Waals surface area contributed by atoms with E-state index < -0.39 is 0 Å². The molecule has 5 rings (SSSR count). The van der Waals surface area contributed by atoms with E-state index in [9.17, 15) is 4.79 Å². The largest absolute Gasteiger partial charge is 0.423 e. The van der Waals surface area contributed by atoms with Crippen molar-refractivity contribution in [1.29, 1.82) is 0 Å². The summed E-state index contributed by atoms with van der Waals surface area (Å²) in [4.78, 5) is 22.7. The molecule has 0 saturated carbocycles. The molecule has 3 aliphatic heterocycles. The van der Waals surface area contributed by atoms with Crippen molar-refractivity contribution in [2.75, 3.05) is 25.0 Å². The predicted octanol–water partition coefficient (Wildman–Crippen LogP) is 2.76. The molecule has 0 spiro atoms. The Balaban J connectivity index is 1.38. The van der Waals surface area contributed by atoms with Gasteiger partial charge in [0.05, 0.1) is 5.56 Å². The summed E-state index contributed by atoms with van der Waals surface area (Å²) in [6.45, 7) is 6.13. The first kappa shape index (κ1) is 19.8. The van der Waals surface area contributed by atoms with E-state index in [0.717, 1.165) is 25.9 Å². The van der Waals surface area contributed by atoms with Crippen molar-refractivity contribution in [3.05, 3.63) is 23.8 Å². The first-order chi connectivity index (χ1) is 14.5. The van der Waals surface area contributed by atoms with E-state index in [1.165, 1.54) is 19.3 Å². The van der Waals surface area contributed by atoms with E-state index in [4.69, 9.17) is 9.40 Å². The van der Waals surface area contributed by atoms with Gasteiger partial charge in [0.25, 0.3) is 11.9 Å². The number of nitrogens with one attached hydrogen (secondary N) is 2. The zero-order valence-corrected chi connectivity index (χ0v) is 18.2. The molecule has 1 aromatic heterocycles. The minimum atomic E-state index is -0.0329. The number of amides is 1. The van der Waals surface area contributed by atoms with Gasteiger partial charge < -0.3 is 24.9 Å². The van der Waals surface area contributed by atoms with E-state index >= 15 is 0 Å². The second kappa shape index (κ2) is 7.85. The third kappa shape index (κ3) is 3.48. The Bertz CT molecular complexity index is 903. The van der Waals surface area contributed by atoms with Gasteiger partial charge in [-0.25, -0.2) is 0 Å². The van der Waals surface area contributed by atoms with Gasteiger partial charge in [-0.3, -0.25) is 4.79 Å². The van der Waals surface area contributed by atoms with Gasteiger partial charge in [-0.1, -0.05) is 12.5 Å². The molecule has 162 valence electrons. The number of anilines is 1. The number of para-hydroxylation sites is 1. The van der Waals surface area contributed by atoms with Gasteiger partial charge >= 0.3 is 0 Å². The lowest BCUT2D eigenvalue weighted by Crippen LogP contribution is -2.55. The van der Waals surface area contributed by atoms with Crippen LogP contribution in [0.5, 0.6) is 0 Å². The summed E-state index contributed by atoms with van der Waals surface area (Å²) in [6, 6.07) is 8.26. The summed E-state index contributed by atoms with van der Waals surface area (Å²) in [5.74, 6) is -0.0329. The van der Waals surface area contributed by atoms with Gasteiger partial charge in [-0.15, -0.1) is 0 Å². The highest BCUT2D eigenvalue weighted by Gasteiger charge is 2.37. The number of fused-ring (bicyclic) bond motifs is 3. The van der Waals surface area contributed by atoms with E-state index in [2.05, 4.69) is 41.3 Å². The standard InChI is InChI=1S/C23H33N5O2/c1-14-12-24-13-15(2)28(14)23-26-21-19(8-5-9-20(21)30-23)22(29)25-16-10-17-6-4-7-18(11-16)27(17)3/h5,8-9,14-18,24H,4,6-7,10-13H2,1-3H3,(H,25,29)/t14-,15-,16?,17-,18+/m1/s1. The molecule has 3 aliphatic rings. The molecule has 1 aromatic carbocycles. The zero-order chi connectivity index (χ0) is 20.8. The monoisotopic (exact) mass is 411 g/mol. The topological polar surface area (TPSA) is 73.6 Å². The van der Waals surface area contributed by atoms with Crippen LogP contribution < -0.4 is 15.5 Å². The lowest BCUT2D eigenvalue weighted by molar-refractivity contribution is 0.0463. The number of hydrogen-bond donors (Lipinski definition) is 2. The van der Waals surface area contributed by atoms with Gasteiger partial charge in [0.1, 0.15) is 5.52 Å². The van der Waals surface area contributed by atoms with Crippen LogP contribution in [0.25, 0.3) is 11.1 Å². The van der Waals surface area contributed by atoms with Crippen LogP contribution in [0.1, 0.15) is 56.3 Å². The Hall–Kier alpha value is -2.12. The van der Waals surface area contributed by atoms with Crippen molar-refractivity contribution < 1.29 is 9.21 Å². The highest BCUT2D eigenvalue weighted by Crippen LogP contribution is 2.33. The van der Waals surface area contributed by atoms with Gasteiger partial charge in [0, 0.05) is 43.3 Å². The molecule has 0 radical (unpaired) electrons. The van der Waals surface area contributed by atoms with Crippen LogP contribution in [-0.4, -0.2) is 66.1 Å². The molecule has 1 amide bonds. The number of carbonyl (C=O) groups excluding carboxylic acids is 1. The van der Waals surface area contributed by atoms with Crippen LogP contribution in [0.4, 0.5) is 6.01 Å². The van der Waals surface area contributed by atoms with Crippen LogP contribution in [-0.2, 0) is 0 Å². The highest BCUT2D eigenvalue weighted by molar-refractivity contribution is 6.04. The lowest BCUT2D eigenvalue weighted by atomic mass is 9.82. The third-order valence-corrected chi connectivity index (χ3v) is 7.38. The second-order valence-electron chi connectivity index (χ2n) is 9.46. The van der Waals surface area contributed by atoms with Crippen molar-refractivity contribution in [3.63, 3.8) is 0 Å². The number of benzene rings is 1. The van der Waals surface area contributed by atoms with Crippen molar-refractivity contribution in [2.24, 2.45) is 0 Å². The molecular formula is C23H33N5O2. The van der Waals surface area contributed by atoms with Crippen LogP contribution in [0.3, 0.4) is 0 Å². The van der Waals surface area contributed by atoms with Crippen LogP contribution in [0, 0.1) is 0 Å². The number of nitrogens with zero attached hydrogens (tertiary/aromatic N) is 3. The van der Waals surface area contributed by atoms with Gasteiger partial charge in [0.2, 0.25) is 0 Å². The first-order valence-corrected chi connectivity index (χ1v) is 11.4. The quantitative estimate of drug-likeness (QED) is 0.809. The number of rotatable bonds is 3. The lowest BCUT2D eigenvalue weighted by Gasteiger charge is -2.47. The van der Waals surface area contributed by atoms with Crippen LogP contribution in [0.15, 0.2) is 22.6 Å². The Morgan fingerprint density at radius 2 is 1.87 bits per heavy atom. The molecule has 7 nitrogen and oxygen atoms in total. The summed E-state index contributed by atoms with van der Waals surface area (Å²) in [7, 11) is 2.24. The zero-order valence-electron chi connectivity index (χ0n) is 18.2. The summed E-state index contributed by atoms with van der Waals surface area (Å²) in [5.41, 5.74) is 1.95. The normalized spacial score (nSPS) is 32.4. The molecule has 3 saturated heterocycles. The van der Waals surface area contributed by atoms with Gasteiger partial charge in [0.15, 0.2) is 5.58 Å². The molecular weight excluding hydrogens is 378 g/mol. The van der Waals surface area contributed by atoms with Crippen molar-refractivity contribution in [3.8, 4) is 0 Å². The summed E-state index contributed by atoms with van der Waals surface area (Å²) in [5, 5.41) is 6.75. The van der Waals surface area contributed by atoms with Crippen LogP contribution >= 0.6 is 0 Å². The summed E-state index contributed by atoms with van der Waals surface area (Å²) < 4.78 is 6.10. The van der Waals surface area contributed by atoms with Crippen molar-refractivity contribution in [2.45, 2.75) is 76.2 Å². The van der Waals surface area contributed by atoms with Gasteiger partial charge in [-0.2, -0.15) is 4.98 Å². The predicted molar refractivity (Wildman–Crippen MR) is 118 cm³/mol. The Kier molecular flexibility index (Phi) is 5.19. The van der Waals surface area contributed by atoms with E-state index in [-0.39, 0.29) is 24.0 Å². The smallest absolute Gasteiger partial charge is 0.298 e. The highest BCUT2D eigenvalue weighted by atomic mass is 16.4. The maximum atomic E-state index is 13.2. The Morgan fingerprint density at radius 3 is 2.57 bits per heavy atom. The minimum absolute atomic E-state index is 0.0329. The second-order valence-corrected chi connectivity index (χ2v) is 9.46. The average molecular weight is 412 g/mol. The fraction of sp³-hybridized carbons (Fsp3) is 0.652. The Labute approximate surface area is 178 Å². The third-order valence-electron chi connectivity index (χ3n) is 7.38. The molecule has 30 heavy (non-hydrogen) atoms. The van der Waals surface area contributed by atoms with Crippen molar-refractivity contribution in [1.82, 2.24) is 20.5 Å². The van der Waals surface area contributed by atoms with Crippen molar-refractivity contribution >= 4 is 23.0 Å². The number of oxazole rings is 1. The molecule has 0 aliphatic carbocycles. The fourth-order valence-corrected chi connectivity index (χ4v) is 5.74. The number of piperazine rings is 1. The molecule has 2 aromatic rings. The SMILES string of the molecule is C[C@@H]1CNC[C@@H](C)N1c1nc2c(C(=O)NC3C[C@H]4CCC[C@@H](C3)N4C)cccc2o1. The number of aromatic nitrogens is 1. The molecule has 1 unspecified atom stereocenters. The minimum Gasteiger partial charge on any atom is -0.423 e. The molecule has 4 heterocycles. The Morgan fingerprint density at radius 1 is 1.17 bits per heavy atom. The fourth-order valence-electron chi connectivity index (χ4n) is 5.74. The molecule has 2 N–H and O–H groups in total. The number of piperidine rings is 2. The molecule has 3 fully saturated rings. The van der Waals surface area contributed by atoms with Gasteiger partial charge in [-0.05, 0) is 58.7 Å². The van der Waals surface area contributed by atoms with E-state index in [1.54, 1.807) is 0 Å². The molecule has 7 heteroatoms. The van der Waals surface area contributed by atoms with E-state index in [1.807, 2.05) is 18.2 Å². The summed E-state index contributed by atoms with van der Waals surface area (Å²) >= 11 is 0. The number of hydrogen-bond acceptors (Lipinski definition) is 6. The molecule has 2 bridgehead atoms. The molecule has 5 atom stereocenters. The van der Waals surface area contributed by atoms with Crippen LogP contribution in [0.2, 0.25) is 0 Å².